The van der Waals surface area contributed by atoms with Crippen LogP contribution in [0.4, 0.5) is 0 Å². The molecule has 0 aliphatic carbocycles. The maximum absolute atomic E-state index is 11.2. The lowest BCUT2D eigenvalue weighted by Gasteiger charge is -2.19. The summed E-state index contributed by atoms with van der Waals surface area (Å²) in [6.07, 6.45) is 4.37. The zero-order valence-corrected chi connectivity index (χ0v) is 23.1. The molecule has 0 aromatic heterocycles. The monoisotopic (exact) mass is 538 g/mol. The van der Waals surface area contributed by atoms with Gasteiger partial charge in [-0.1, -0.05) is 0 Å². The summed E-state index contributed by atoms with van der Waals surface area (Å²) < 4.78 is 53.4. The Bertz CT molecular complexity index is 596. The summed E-state index contributed by atoms with van der Waals surface area (Å²) in [5, 5.41) is 6.50. The molecule has 32 heavy (non-hydrogen) atoms. The molecule has 0 amide bonds. The standard InChI is InChI=1S/C18H42N4O6S4/c1-21(15-7-9-19-11-17-29-31(23,24)27-3)13-5-6-14-22(2)16-8-10-20-12-18-30-32(25,26)28-4/h19-20H,5-18H2,1-4H3. The van der Waals surface area contributed by atoms with Gasteiger partial charge in [-0.05, 0) is 101 Å². The normalized spacial score (nSPS) is 12.8. The van der Waals surface area contributed by atoms with Crippen LogP contribution in [-0.4, -0.2) is 119 Å². The second-order valence-corrected chi connectivity index (χ2v) is 14.8. The van der Waals surface area contributed by atoms with E-state index in [1.807, 2.05) is 0 Å². The molecule has 0 atom stereocenters. The molecule has 0 aliphatic rings. The number of nitrogens with zero attached hydrogens (tertiary/aromatic N) is 2. The molecule has 10 nitrogen and oxygen atoms in total. The molecular weight excluding hydrogens is 496 g/mol. The SMILES string of the molecule is COS(=O)(=O)SCCNCCCN(C)CCCCN(C)CCCNCCSS(=O)(=O)OC. The van der Waals surface area contributed by atoms with Gasteiger partial charge in [0.15, 0.2) is 0 Å². The average molecular weight is 539 g/mol. The van der Waals surface area contributed by atoms with Crippen LogP contribution in [0.1, 0.15) is 25.7 Å². The summed E-state index contributed by atoms with van der Waals surface area (Å²) in [5.74, 6) is 0.959. The number of nitrogens with one attached hydrogen (secondary N) is 2. The molecule has 0 rings (SSSR count). The van der Waals surface area contributed by atoms with Gasteiger partial charge in [-0.2, -0.15) is 16.8 Å². The van der Waals surface area contributed by atoms with Gasteiger partial charge in [-0.15, -0.1) is 0 Å². The first kappa shape index (κ1) is 32.4. The average Bonchev–Trinajstić information content (AvgIpc) is 2.75. The second-order valence-electron chi connectivity index (χ2n) is 7.31. The second kappa shape index (κ2) is 19.6. The van der Waals surface area contributed by atoms with Crippen LogP contribution in [0.3, 0.4) is 0 Å². The van der Waals surface area contributed by atoms with Crippen molar-refractivity contribution < 1.29 is 25.2 Å². The van der Waals surface area contributed by atoms with Crippen LogP contribution < -0.4 is 10.6 Å². The van der Waals surface area contributed by atoms with Gasteiger partial charge in [0.05, 0.1) is 14.2 Å². The summed E-state index contributed by atoms with van der Waals surface area (Å²) in [7, 11) is 1.40. The summed E-state index contributed by atoms with van der Waals surface area (Å²) >= 11 is 0. The van der Waals surface area contributed by atoms with E-state index in [-0.39, 0.29) is 0 Å². The highest BCUT2D eigenvalue weighted by atomic mass is 33.2. The summed E-state index contributed by atoms with van der Waals surface area (Å²) in [6.45, 7) is 7.20. The third-order valence-electron chi connectivity index (χ3n) is 4.54. The van der Waals surface area contributed by atoms with Crippen LogP contribution in [0.2, 0.25) is 0 Å². The van der Waals surface area contributed by atoms with Crippen LogP contribution in [0.15, 0.2) is 0 Å². The highest BCUT2D eigenvalue weighted by molar-refractivity contribution is 8.70. The molecule has 194 valence electrons. The largest absolute Gasteiger partial charge is 0.321 e. The fraction of sp³-hybridized carbons (Fsp3) is 1.00. The van der Waals surface area contributed by atoms with E-state index in [0.29, 0.717) is 24.6 Å². The molecule has 0 saturated heterocycles. The zero-order valence-electron chi connectivity index (χ0n) is 19.9. The Morgan fingerprint density at radius 2 is 0.969 bits per heavy atom. The van der Waals surface area contributed by atoms with Gasteiger partial charge in [0, 0.05) is 24.6 Å². The van der Waals surface area contributed by atoms with Gasteiger partial charge in [0.1, 0.15) is 0 Å². The molecule has 0 aliphatic heterocycles. The first-order valence-corrected chi connectivity index (χ1v) is 16.6. The lowest BCUT2D eigenvalue weighted by Crippen LogP contribution is -2.28. The topological polar surface area (TPSA) is 117 Å². The van der Waals surface area contributed by atoms with E-state index in [2.05, 4.69) is 42.9 Å². The molecule has 0 aromatic rings. The number of hydrogen-bond acceptors (Lipinski definition) is 12. The number of rotatable bonds is 23. The van der Waals surface area contributed by atoms with E-state index < -0.39 is 18.3 Å². The molecule has 0 saturated carbocycles. The Hall–Kier alpha value is 0.360. The molecule has 0 unspecified atom stereocenters. The molecule has 0 radical (unpaired) electrons. The maximum atomic E-state index is 11.2. The lowest BCUT2D eigenvalue weighted by molar-refractivity contribution is 0.288. The van der Waals surface area contributed by atoms with Crippen LogP contribution >= 0.6 is 21.6 Å². The molecule has 0 bridgehead atoms. The van der Waals surface area contributed by atoms with Crippen LogP contribution in [0, 0.1) is 0 Å². The predicted molar refractivity (Wildman–Crippen MR) is 136 cm³/mol. The minimum absolute atomic E-state index is 0.480. The highest BCUT2D eigenvalue weighted by Crippen LogP contribution is 2.12. The fourth-order valence-electron chi connectivity index (χ4n) is 2.71. The van der Waals surface area contributed by atoms with Crippen molar-refractivity contribution in [2.24, 2.45) is 0 Å². The lowest BCUT2D eigenvalue weighted by atomic mass is 10.2. The Kier molecular flexibility index (Phi) is 19.9. The summed E-state index contributed by atoms with van der Waals surface area (Å²) in [6, 6.07) is 0. The van der Waals surface area contributed by atoms with Gasteiger partial charge in [-0.25, -0.2) is 0 Å². The van der Waals surface area contributed by atoms with Crippen molar-refractivity contribution in [2.75, 3.05) is 92.2 Å². The van der Waals surface area contributed by atoms with Gasteiger partial charge >= 0.3 is 18.3 Å². The first-order chi connectivity index (χ1) is 15.1. The number of unbranched alkanes of at least 4 members (excludes halogenated alkanes) is 1. The van der Waals surface area contributed by atoms with Crippen LogP contribution in [-0.2, 0) is 26.7 Å². The van der Waals surface area contributed by atoms with Crippen molar-refractivity contribution in [3.8, 4) is 0 Å². The minimum atomic E-state index is -3.42. The van der Waals surface area contributed by atoms with Crippen LogP contribution in [0.5, 0.6) is 0 Å². The fourth-order valence-corrected chi connectivity index (χ4v) is 6.07. The van der Waals surface area contributed by atoms with E-state index in [1.54, 1.807) is 0 Å². The predicted octanol–water partition coefficient (Wildman–Crippen LogP) is 0.838. The molecule has 0 heterocycles. The van der Waals surface area contributed by atoms with Gasteiger partial charge < -0.3 is 20.4 Å². The maximum Gasteiger partial charge on any atom is 0.321 e. The first-order valence-electron chi connectivity index (χ1n) is 10.8. The Labute approximate surface area is 203 Å². The Morgan fingerprint density at radius 1 is 0.625 bits per heavy atom. The zero-order chi connectivity index (χ0) is 24.3. The molecule has 0 aromatic carbocycles. The van der Waals surface area contributed by atoms with Gasteiger partial charge in [-0.3, -0.25) is 8.37 Å². The van der Waals surface area contributed by atoms with Crippen molar-refractivity contribution >= 4 is 39.9 Å². The van der Waals surface area contributed by atoms with Gasteiger partial charge in [0.25, 0.3) is 0 Å². The molecular formula is C18H42N4O6S4. The van der Waals surface area contributed by atoms with Gasteiger partial charge in [0.2, 0.25) is 0 Å². The van der Waals surface area contributed by atoms with Crippen molar-refractivity contribution in [3.05, 3.63) is 0 Å². The van der Waals surface area contributed by atoms with E-state index in [0.717, 1.165) is 86.5 Å². The minimum Gasteiger partial charge on any atom is -0.316 e. The Morgan fingerprint density at radius 3 is 1.31 bits per heavy atom. The van der Waals surface area contributed by atoms with E-state index >= 15 is 0 Å². The Balaban J connectivity index is 3.47. The van der Waals surface area contributed by atoms with Crippen molar-refractivity contribution in [1.29, 1.82) is 0 Å². The number of hydrogen-bond donors (Lipinski definition) is 2. The van der Waals surface area contributed by atoms with E-state index in [9.17, 15) is 16.8 Å². The molecule has 2 N–H and O–H groups in total. The van der Waals surface area contributed by atoms with Crippen molar-refractivity contribution in [2.45, 2.75) is 25.7 Å². The van der Waals surface area contributed by atoms with Crippen molar-refractivity contribution in [1.82, 2.24) is 20.4 Å². The highest BCUT2D eigenvalue weighted by Gasteiger charge is 2.09. The summed E-state index contributed by atoms with van der Waals surface area (Å²) in [5.41, 5.74) is 0. The third kappa shape index (κ3) is 20.9. The van der Waals surface area contributed by atoms with Crippen LogP contribution in [0.25, 0.3) is 0 Å². The smallest absolute Gasteiger partial charge is 0.316 e. The van der Waals surface area contributed by atoms with E-state index in [1.165, 1.54) is 14.2 Å². The van der Waals surface area contributed by atoms with Crippen molar-refractivity contribution in [3.63, 3.8) is 0 Å². The molecule has 0 spiro atoms. The third-order valence-corrected chi connectivity index (χ3v) is 10.2. The molecule has 0 fully saturated rings. The molecule has 14 heteroatoms. The van der Waals surface area contributed by atoms with E-state index in [4.69, 9.17) is 0 Å². The summed E-state index contributed by atoms with van der Waals surface area (Å²) in [4.78, 5) is 4.66. The quantitative estimate of drug-likeness (QED) is 0.142.